The van der Waals surface area contributed by atoms with Gasteiger partial charge in [0.15, 0.2) is 0 Å². The standard InChI is InChI=1S/C33H69NO2S/c1-4-7-10-12-14-16-18-20-22-24-27-32(35)30-34(37-29-26-9-6-3)31-33(36)28-25-23-21-19-17-15-13-11-8-5-2/h32-33,35-36H,4-31H2,1-3H3. The van der Waals surface area contributed by atoms with Gasteiger partial charge in [0.05, 0.1) is 12.2 Å². The molecule has 2 N–H and O–H groups in total. The Morgan fingerprint density at radius 2 is 0.730 bits per heavy atom. The van der Waals surface area contributed by atoms with Crippen LogP contribution in [0.2, 0.25) is 0 Å². The fraction of sp³-hybridized carbons (Fsp3) is 1.00. The summed E-state index contributed by atoms with van der Waals surface area (Å²) in [6.07, 6.45) is 31.7. The van der Waals surface area contributed by atoms with Gasteiger partial charge < -0.3 is 10.2 Å². The molecule has 0 aliphatic carbocycles. The molecular formula is C33H69NO2S. The zero-order valence-electron chi connectivity index (χ0n) is 25.7. The molecule has 0 radical (unpaired) electrons. The lowest BCUT2D eigenvalue weighted by molar-refractivity contribution is 0.101. The van der Waals surface area contributed by atoms with Crippen molar-refractivity contribution < 1.29 is 10.2 Å². The summed E-state index contributed by atoms with van der Waals surface area (Å²) in [7, 11) is 0. The van der Waals surface area contributed by atoms with E-state index < -0.39 is 0 Å². The molecule has 2 unspecified atom stereocenters. The first-order valence-corrected chi connectivity index (χ1v) is 17.8. The summed E-state index contributed by atoms with van der Waals surface area (Å²) >= 11 is 1.85. The SMILES string of the molecule is CCCCCCCCCCCCC(O)CN(CC(O)CCCCCCCCCCCC)SCCCCC. The van der Waals surface area contributed by atoms with Crippen LogP contribution in [-0.2, 0) is 0 Å². The highest BCUT2D eigenvalue weighted by molar-refractivity contribution is 7.97. The third kappa shape index (κ3) is 29.0. The topological polar surface area (TPSA) is 43.7 Å². The zero-order valence-corrected chi connectivity index (χ0v) is 26.5. The summed E-state index contributed by atoms with van der Waals surface area (Å²) < 4.78 is 2.28. The van der Waals surface area contributed by atoms with E-state index in [0.29, 0.717) is 13.1 Å². The molecule has 0 aromatic carbocycles. The average molecular weight is 544 g/mol. The molecule has 0 saturated heterocycles. The number of aliphatic hydroxyl groups excluding tert-OH is 2. The molecule has 0 bridgehead atoms. The van der Waals surface area contributed by atoms with Crippen molar-refractivity contribution in [1.82, 2.24) is 4.31 Å². The first kappa shape index (κ1) is 37.2. The summed E-state index contributed by atoms with van der Waals surface area (Å²) in [6, 6.07) is 0. The highest BCUT2D eigenvalue weighted by Crippen LogP contribution is 2.19. The quantitative estimate of drug-likeness (QED) is 0.0674. The van der Waals surface area contributed by atoms with Crippen molar-refractivity contribution in [2.75, 3.05) is 18.8 Å². The lowest BCUT2D eigenvalue weighted by atomic mass is 10.0. The fourth-order valence-corrected chi connectivity index (χ4v) is 6.26. The second-order valence-electron chi connectivity index (χ2n) is 11.6. The van der Waals surface area contributed by atoms with Gasteiger partial charge in [-0.2, -0.15) is 0 Å². The molecule has 224 valence electrons. The summed E-state index contributed by atoms with van der Waals surface area (Å²) in [6.45, 7) is 8.20. The van der Waals surface area contributed by atoms with Crippen LogP contribution >= 0.6 is 11.9 Å². The number of hydrogen-bond donors (Lipinski definition) is 2. The van der Waals surface area contributed by atoms with Crippen LogP contribution in [-0.4, -0.2) is 45.6 Å². The second kappa shape index (κ2) is 30.8. The van der Waals surface area contributed by atoms with Crippen LogP contribution < -0.4 is 0 Å². The Balaban J connectivity index is 3.98. The molecule has 0 aliphatic rings. The van der Waals surface area contributed by atoms with Gasteiger partial charge in [-0.05, 0) is 19.3 Å². The Bertz CT molecular complexity index is 391. The molecule has 37 heavy (non-hydrogen) atoms. The molecule has 3 nitrogen and oxygen atoms in total. The Morgan fingerprint density at radius 1 is 0.432 bits per heavy atom. The molecule has 0 fully saturated rings. The normalized spacial score (nSPS) is 13.5. The number of hydrogen-bond acceptors (Lipinski definition) is 4. The molecule has 0 aromatic heterocycles. The largest absolute Gasteiger partial charge is 0.392 e. The Labute approximate surface area is 238 Å². The number of nitrogens with zero attached hydrogens (tertiary/aromatic N) is 1. The molecule has 0 spiro atoms. The summed E-state index contributed by atoms with van der Waals surface area (Å²) in [5.41, 5.74) is 0. The van der Waals surface area contributed by atoms with Crippen LogP contribution in [0.3, 0.4) is 0 Å². The predicted octanol–water partition coefficient (Wildman–Crippen LogP) is 10.5. The van der Waals surface area contributed by atoms with Crippen LogP contribution in [0.25, 0.3) is 0 Å². The van der Waals surface area contributed by atoms with Gasteiger partial charge in [-0.1, -0.05) is 174 Å². The minimum Gasteiger partial charge on any atom is -0.392 e. The highest BCUT2D eigenvalue weighted by atomic mass is 32.2. The van der Waals surface area contributed by atoms with Crippen molar-refractivity contribution in [3.63, 3.8) is 0 Å². The molecule has 0 saturated carbocycles. The average Bonchev–Trinajstić information content (AvgIpc) is 2.88. The van der Waals surface area contributed by atoms with Gasteiger partial charge in [0.2, 0.25) is 0 Å². The molecule has 0 aromatic rings. The van der Waals surface area contributed by atoms with Gasteiger partial charge in [-0.3, -0.25) is 0 Å². The Kier molecular flexibility index (Phi) is 31.0. The first-order chi connectivity index (χ1) is 18.1. The zero-order chi connectivity index (χ0) is 27.2. The van der Waals surface area contributed by atoms with E-state index in [1.54, 1.807) is 0 Å². The lowest BCUT2D eigenvalue weighted by Gasteiger charge is -2.26. The third-order valence-corrected chi connectivity index (χ3v) is 8.77. The Hall–Kier alpha value is 0.230. The van der Waals surface area contributed by atoms with Gasteiger partial charge in [0.1, 0.15) is 0 Å². The molecule has 0 aliphatic heterocycles. The van der Waals surface area contributed by atoms with E-state index in [2.05, 4.69) is 25.1 Å². The highest BCUT2D eigenvalue weighted by Gasteiger charge is 2.16. The van der Waals surface area contributed by atoms with Crippen molar-refractivity contribution in [2.24, 2.45) is 0 Å². The van der Waals surface area contributed by atoms with E-state index in [-0.39, 0.29) is 12.2 Å². The van der Waals surface area contributed by atoms with E-state index in [0.717, 1.165) is 31.4 Å². The molecule has 0 heterocycles. The monoisotopic (exact) mass is 544 g/mol. The third-order valence-electron chi connectivity index (χ3n) is 7.63. The summed E-state index contributed by atoms with van der Waals surface area (Å²) in [5, 5.41) is 21.4. The maximum Gasteiger partial charge on any atom is 0.0676 e. The maximum absolute atomic E-state index is 10.7. The van der Waals surface area contributed by atoms with Crippen molar-refractivity contribution in [2.45, 2.75) is 193 Å². The van der Waals surface area contributed by atoms with Gasteiger partial charge in [0.25, 0.3) is 0 Å². The second-order valence-corrected chi connectivity index (χ2v) is 12.8. The first-order valence-electron chi connectivity index (χ1n) is 16.9. The molecular weight excluding hydrogens is 474 g/mol. The minimum absolute atomic E-state index is 0.266. The smallest absolute Gasteiger partial charge is 0.0676 e. The van der Waals surface area contributed by atoms with Crippen LogP contribution in [0.1, 0.15) is 181 Å². The van der Waals surface area contributed by atoms with Crippen molar-refractivity contribution >= 4 is 11.9 Å². The van der Waals surface area contributed by atoms with Crippen molar-refractivity contribution in [1.29, 1.82) is 0 Å². The molecule has 4 heteroatoms. The maximum atomic E-state index is 10.7. The minimum atomic E-state index is -0.266. The predicted molar refractivity (Wildman–Crippen MR) is 168 cm³/mol. The summed E-state index contributed by atoms with van der Waals surface area (Å²) in [4.78, 5) is 0. The van der Waals surface area contributed by atoms with Gasteiger partial charge in [-0.25, -0.2) is 4.31 Å². The number of aliphatic hydroxyl groups is 2. The Morgan fingerprint density at radius 3 is 1.08 bits per heavy atom. The van der Waals surface area contributed by atoms with E-state index in [4.69, 9.17) is 0 Å². The van der Waals surface area contributed by atoms with Gasteiger partial charge >= 0.3 is 0 Å². The molecule has 0 amide bonds. The van der Waals surface area contributed by atoms with Gasteiger partial charge in [-0.15, -0.1) is 0 Å². The van der Waals surface area contributed by atoms with Crippen molar-refractivity contribution in [3.8, 4) is 0 Å². The van der Waals surface area contributed by atoms with E-state index >= 15 is 0 Å². The number of unbranched alkanes of at least 4 members (excludes halogenated alkanes) is 20. The fourth-order valence-electron chi connectivity index (χ4n) is 5.11. The molecule has 2 atom stereocenters. The van der Waals surface area contributed by atoms with Gasteiger partial charge in [0, 0.05) is 18.8 Å². The van der Waals surface area contributed by atoms with E-state index in [1.807, 2.05) is 11.9 Å². The van der Waals surface area contributed by atoms with E-state index in [1.165, 1.54) is 135 Å². The van der Waals surface area contributed by atoms with Crippen LogP contribution in [0.5, 0.6) is 0 Å². The molecule has 0 rings (SSSR count). The van der Waals surface area contributed by atoms with E-state index in [9.17, 15) is 10.2 Å². The lowest BCUT2D eigenvalue weighted by Crippen LogP contribution is -2.34. The van der Waals surface area contributed by atoms with Crippen LogP contribution in [0.4, 0.5) is 0 Å². The van der Waals surface area contributed by atoms with Crippen LogP contribution in [0.15, 0.2) is 0 Å². The number of rotatable bonds is 31. The van der Waals surface area contributed by atoms with Crippen molar-refractivity contribution in [3.05, 3.63) is 0 Å². The summed E-state index contributed by atoms with van der Waals surface area (Å²) in [5.74, 6) is 1.10. The van der Waals surface area contributed by atoms with Crippen LogP contribution in [0, 0.1) is 0 Å².